The number of ether oxygens (including phenoxy) is 1. The molecule has 152 valence electrons. The molecule has 2 N–H and O–H groups in total. The number of hydrogen-bond acceptors (Lipinski definition) is 4. The second kappa shape index (κ2) is 10.5. The van der Waals surface area contributed by atoms with Crippen molar-refractivity contribution < 1.29 is 9.53 Å². The van der Waals surface area contributed by atoms with E-state index >= 15 is 0 Å². The lowest BCUT2D eigenvalue weighted by Gasteiger charge is -2.09. The molecule has 3 aromatic carbocycles. The molecule has 0 aromatic heterocycles. The Hall–Kier alpha value is -2.45. The van der Waals surface area contributed by atoms with Crippen molar-refractivity contribution in [2.45, 2.75) is 0 Å². The van der Waals surface area contributed by atoms with Crippen molar-refractivity contribution in [3.05, 3.63) is 92.4 Å². The van der Waals surface area contributed by atoms with Crippen molar-refractivity contribution in [1.29, 1.82) is 0 Å². The van der Waals surface area contributed by atoms with Crippen molar-refractivity contribution in [3.8, 4) is 5.75 Å². The number of rotatable bonds is 5. The maximum atomic E-state index is 12.4. The Morgan fingerprint density at radius 2 is 1.80 bits per heavy atom. The van der Waals surface area contributed by atoms with Crippen LogP contribution >= 0.6 is 51.3 Å². The van der Waals surface area contributed by atoms with Crippen LogP contribution in [0.1, 0.15) is 15.9 Å². The van der Waals surface area contributed by atoms with Crippen molar-refractivity contribution in [1.82, 2.24) is 5.43 Å². The highest BCUT2D eigenvalue weighted by molar-refractivity contribution is 9.10. The molecule has 0 unspecified atom stereocenters. The zero-order valence-corrected chi connectivity index (χ0v) is 19.1. The van der Waals surface area contributed by atoms with Crippen LogP contribution in [0, 0.1) is 0 Å². The summed E-state index contributed by atoms with van der Waals surface area (Å²) in [6.07, 6.45) is 1.50. The van der Waals surface area contributed by atoms with Crippen molar-refractivity contribution in [2.24, 2.45) is 5.10 Å². The minimum Gasteiger partial charge on any atom is -0.422 e. The summed E-state index contributed by atoms with van der Waals surface area (Å²) in [6, 6.07) is 18.8. The van der Waals surface area contributed by atoms with Gasteiger partial charge in [-0.25, -0.2) is 4.79 Å². The molecular formula is C21H14BrCl2N3O2S. The van der Waals surface area contributed by atoms with Crippen LogP contribution in [0.2, 0.25) is 10.0 Å². The number of esters is 1. The highest BCUT2D eigenvalue weighted by Crippen LogP contribution is 2.23. The predicted octanol–water partition coefficient (Wildman–Crippen LogP) is 6.30. The largest absolute Gasteiger partial charge is 0.422 e. The van der Waals surface area contributed by atoms with Crippen LogP contribution in [0.15, 0.2) is 76.3 Å². The summed E-state index contributed by atoms with van der Waals surface area (Å²) in [5, 5.41) is 8.49. The molecule has 0 fully saturated rings. The number of nitrogens with one attached hydrogen (secondary N) is 2. The Labute approximate surface area is 197 Å². The van der Waals surface area contributed by atoms with Crippen molar-refractivity contribution in [3.63, 3.8) is 0 Å². The molecule has 0 saturated heterocycles. The summed E-state index contributed by atoms with van der Waals surface area (Å²) in [5.41, 5.74) is 4.40. The van der Waals surface area contributed by atoms with E-state index in [-0.39, 0.29) is 5.11 Å². The zero-order valence-electron chi connectivity index (χ0n) is 15.2. The SMILES string of the molecule is O=C(Oc1ccc(Br)cc1C=NNC(=S)Nc1cccc(Cl)c1)c1ccc(Cl)cc1. The quantitative estimate of drug-likeness (QED) is 0.135. The lowest BCUT2D eigenvalue weighted by Crippen LogP contribution is -2.23. The minimum atomic E-state index is -0.505. The highest BCUT2D eigenvalue weighted by atomic mass is 79.9. The molecule has 0 spiro atoms. The Morgan fingerprint density at radius 1 is 1.03 bits per heavy atom. The van der Waals surface area contributed by atoms with Crippen LogP contribution in [0.25, 0.3) is 0 Å². The van der Waals surface area contributed by atoms with Crippen LogP contribution in [-0.4, -0.2) is 17.3 Å². The van der Waals surface area contributed by atoms with Gasteiger partial charge < -0.3 is 10.1 Å². The summed E-state index contributed by atoms with van der Waals surface area (Å²) in [4.78, 5) is 12.4. The zero-order chi connectivity index (χ0) is 21.5. The molecule has 9 heteroatoms. The number of carbonyl (C=O) groups excluding carboxylic acids is 1. The van der Waals surface area contributed by atoms with Crippen molar-refractivity contribution in [2.75, 3.05) is 5.32 Å². The molecule has 3 aromatic rings. The number of nitrogens with zero attached hydrogens (tertiary/aromatic N) is 1. The van der Waals surface area contributed by atoms with E-state index in [1.807, 2.05) is 6.07 Å². The summed E-state index contributed by atoms with van der Waals surface area (Å²) in [5.74, 6) is -0.160. The average molecular weight is 523 g/mol. The second-order valence-electron chi connectivity index (χ2n) is 5.91. The van der Waals surface area contributed by atoms with Gasteiger partial charge in [0.2, 0.25) is 0 Å². The van der Waals surface area contributed by atoms with Gasteiger partial charge >= 0.3 is 5.97 Å². The van der Waals surface area contributed by atoms with Gasteiger partial charge in [0, 0.05) is 25.8 Å². The third-order valence-electron chi connectivity index (χ3n) is 3.71. The fourth-order valence-corrected chi connectivity index (χ4v) is 3.21. The number of hydrogen-bond donors (Lipinski definition) is 2. The fourth-order valence-electron chi connectivity index (χ4n) is 2.34. The van der Waals surface area contributed by atoms with Gasteiger partial charge in [0.25, 0.3) is 0 Å². The molecule has 3 rings (SSSR count). The molecule has 0 bridgehead atoms. The Kier molecular flexibility index (Phi) is 7.81. The van der Waals surface area contributed by atoms with E-state index in [0.717, 1.165) is 10.2 Å². The number of anilines is 1. The summed E-state index contributed by atoms with van der Waals surface area (Å²) < 4.78 is 6.31. The maximum Gasteiger partial charge on any atom is 0.343 e. The number of benzene rings is 3. The first-order chi connectivity index (χ1) is 14.4. The molecule has 30 heavy (non-hydrogen) atoms. The molecule has 5 nitrogen and oxygen atoms in total. The molecule has 0 saturated carbocycles. The fraction of sp³-hybridized carbons (Fsp3) is 0. The third kappa shape index (κ3) is 6.53. The standard InChI is InChI=1S/C21H14BrCl2N3O2S/c22-15-6-9-19(29-20(28)13-4-7-16(23)8-5-13)14(10-15)12-25-27-21(30)26-18-3-1-2-17(24)11-18/h1-12H,(H2,26,27,30). The number of carbonyl (C=O) groups is 1. The second-order valence-corrected chi connectivity index (χ2v) is 8.11. The van der Waals surface area contributed by atoms with E-state index in [2.05, 4.69) is 31.8 Å². The predicted molar refractivity (Wildman–Crippen MR) is 129 cm³/mol. The molecular weight excluding hydrogens is 509 g/mol. The van der Waals surface area contributed by atoms with E-state index in [0.29, 0.717) is 26.9 Å². The lowest BCUT2D eigenvalue weighted by atomic mass is 10.2. The first-order valence-electron chi connectivity index (χ1n) is 8.53. The van der Waals surface area contributed by atoms with E-state index in [1.54, 1.807) is 60.7 Å². The summed E-state index contributed by atoms with van der Waals surface area (Å²) in [7, 11) is 0. The van der Waals surface area contributed by atoms with Gasteiger partial charge in [-0.1, -0.05) is 45.2 Å². The van der Waals surface area contributed by atoms with Gasteiger partial charge in [-0.15, -0.1) is 0 Å². The normalized spacial score (nSPS) is 10.6. The van der Waals surface area contributed by atoms with E-state index in [4.69, 9.17) is 40.2 Å². The minimum absolute atomic E-state index is 0.281. The van der Waals surface area contributed by atoms with Crippen LogP contribution < -0.4 is 15.5 Å². The Morgan fingerprint density at radius 3 is 2.53 bits per heavy atom. The molecule has 0 radical (unpaired) electrons. The molecule has 0 aliphatic rings. The molecule has 0 aliphatic heterocycles. The summed E-state index contributed by atoms with van der Waals surface area (Å²) >= 11 is 20.4. The first-order valence-corrected chi connectivity index (χ1v) is 10.5. The van der Waals surface area contributed by atoms with Crippen LogP contribution in [0.3, 0.4) is 0 Å². The molecule has 0 heterocycles. The Balaban J connectivity index is 1.67. The Bertz CT molecular complexity index is 1110. The molecule has 0 atom stereocenters. The van der Waals surface area contributed by atoms with Crippen LogP contribution in [0.4, 0.5) is 5.69 Å². The third-order valence-corrected chi connectivity index (χ3v) is 4.88. The smallest absolute Gasteiger partial charge is 0.343 e. The lowest BCUT2D eigenvalue weighted by molar-refractivity contribution is 0.0734. The van der Waals surface area contributed by atoms with Gasteiger partial charge in [0.05, 0.1) is 11.8 Å². The van der Waals surface area contributed by atoms with Gasteiger partial charge in [-0.05, 0) is 72.9 Å². The number of halogens is 3. The van der Waals surface area contributed by atoms with Crippen LogP contribution in [0.5, 0.6) is 5.75 Å². The van der Waals surface area contributed by atoms with Gasteiger partial charge in [0.15, 0.2) is 5.11 Å². The van der Waals surface area contributed by atoms with Crippen LogP contribution in [-0.2, 0) is 0 Å². The maximum absolute atomic E-state index is 12.4. The van der Waals surface area contributed by atoms with E-state index < -0.39 is 5.97 Å². The van der Waals surface area contributed by atoms with Crippen molar-refractivity contribution >= 4 is 74.3 Å². The van der Waals surface area contributed by atoms with Gasteiger partial charge in [0.1, 0.15) is 5.75 Å². The van der Waals surface area contributed by atoms with Gasteiger partial charge in [-0.3, -0.25) is 5.43 Å². The monoisotopic (exact) mass is 521 g/mol. The van der Waals surface area contributed by atoms with Gasteiger partial charge in [-0.2, -0.15) is 5.10 Å². The van der Waals surface area contributed by atoms with E-state index in [9.17, 15) is 4.79 Å². The molecule has 0 aliphatic carbocycles. The topological polar surface area (TPSA) is 62.7 Å². The first kappa shape index (κ1) is 22.2. The van der Waals surface area contributed by atoms with E-state index in [1.165, 1.54) is 6.21 Å². The average Bonchev–Trinajstić information content (AvgIpc) is 2.70. The molecule has 0 amide bonds. The highest BCUT2D eigenvalue weighted by Gasteiger charge is 2.11. The number of hydrazone groups is 1. The summed E-state index contributed by atoms with van der Waals surface area (Å²) in [6.45, 7) is 0. The number of thiocarbonyl (C=S) groups is 1.